The third-order valence-corrected chi connectivity index (χ3v) is 4.27. The Balaban J connectivity index is 0.00000156. The molecule has 0 aliphatic heterocycles. The van der Waals surface area contributed by atoms with E-state index in [0.29, 0.717) is 5.75 Å². The highest BCUT2D eigenvalue weighted by atomic mass is 35.5. The van der Waals surface area contributed by atoms with Crippen molar-refractivity contribution in [2.24, 2.45) is 7.05 Å². The van der Waals surface area contributed by atoms with Crippen LogP contribution in [0.4, 0.5) is 0 Å². The number of ether oxygens (including phenoxy) is 1. The lowest BCUT2D eigenvalue weighted by atomic mass is 10.0. The molecule has 116 valence electrons. The predicted octanol–water partition coefficient (Wildman–Crippen LogP) is 0.689. The highest BCUT2D eigenvalue weighted by molar-refractivity contribution is 6.14. The van der Waals surface area contributed by atoms with Gasteiger partial charge >= 0.3 is 0 Å². The Bertz CT molecular complexity index is 1040. The molecule has 0 radical (unpaired) electrons. The van der Waals surface area contributed by atoms with E-state index in [9.17, 15) is 5.11 Å². The SMILES string of the molecule is COc1ccc2c(c[n+](C)c3c4ccccc4ccc23)c1O.[Cl-]. The maximum Gasteiger partial charge on any atom is 0.220 e. The van der Waals surface area contributed by atoms with Crippen molar-refractivity contribution in [3.05, 3.63) is 54.7 Å². The monoisotopic (exact) mass is 325 g/mol. The van der Waals surface area contributed by atoms with Crippen molar-refractivity contribution in [1.29, 1.82) is 0 Å². The van der Waals surface area contributed by atoms with Gasteiger partial charge in [-0.2, -0.15) is 4.57 Å². The van der Waals surface area contributed by atoms with Gasteiger partial charge < -0.3 is 22.3 Å². The molecule has 0 amide bonds. The Hall–Kier alpha value is -2.52. The van der Waals surface area contributed by atoms with E-state index >= 15 is 0 Å². The van der Waals surface area contributed by atoms with Crippen LogP contribution in [0.25, 0.3) is 32.4 Å². The zero-order valence-electron chi connectivity index (χ0n) is 12.9. The minimum Gasteiger partial charge on any atom is -1.00 e. The Labute approximate surface area is 140 Å². The second-order valence-electron chi connectivity index (χ2n) is 5.50. The topological polar surface area (TPSA) is 33.3 Å². The van der Waals surface area contributed by atoms with Gasteiger partial charge in [0.2, 0.25) is 5.52 Å². The average molecular weight is 326 g/mol. The number of fused-ring (bicyclic) bond motifs is 5. The molecule has 0 spiro atoms. The van der Waals surface area contributed by atoms with Gasteiger partial charge in [-0.3, -0.25) is 0 Å². The fraction of sp³-hybridized carbons (Fsp3) is 0.105. The van der Waals surface area contributed by atoms with E-state index < -0.39 is 0 Å². The van der Waals surface area contributed by atoms with E-state index in [-0.39, 0.29) is 18.2 Å². The smallest absolute Gasteiger partial charge is 0.220 e. The molecule has 1 aromatic heterocycles. The van der Waals surface area contributed by atoms with Gasteiger partial charge in [-0.25, -0.2) is 0 Å². The van der Waals surface area contributed by atoms with Gasteiger partial charge in [0.05, 0.1) is 23.3 Å². The quantitative estimate of drug-likeness (QED) is 0.413. The molecule has 0 aliphatic rings. The van der Waals surface area contributed by atoms with Crippen LogP contribution in [-0.2, 0) is 7.05 Å². The standard InChI is InChI=1S/C19H15NO2.ClH/c1-20-11-16-14(9-10-17(22-2)19(16)21)15-8-7-12-5-3-4-6-13(12)18(15)20;/h3-11H,1-2H3;1H. The molecule has 0 saturated heterocycles. The number of rotatable bonds is 1. The Morgan fingerprint density at radius 2 is 1.61 bits per heavy atom. The van der Waals surface area contributed by atoms with Gasteiger partial charge in [-0.1, -0.05) is 24.3 Å². The lowest BCUT2D eigenvalue weighted by molar-refractivity contribution is -0.642. The van der Waals surface area contributed by atoms with Gasteiger partial charge in [-0.05, 0) is 29.7 Å². The van der Waals surface area contributed by atoms with Crippen molar-refractivity contribution >= 4 is 32.4 Å². The number of aromatic hydroxyl groups is 1. The van der Waals surface area contributed by atoms with Crippen molar-refractivity contribution in [2.75, 3.05) is 7.11 Å². The number of halogens is 1. The second kappa shape index (κ2) is 5.60. The molecule has 0 atom stereocenters. The Kier molecular flexibility index (Phi) is 3.74. The molecule has 23 heavy (non-hydrogen) atoms. The average Bonchev–Trinajstić information content (AvgIpc) is 2.55. The van der Waals surface area contributed by atoms with Gasteiger partial charge in [0.25, 0.3) is 0 Å². The number of nitrogens with zero attached hydrogens (tertiary/aromatic N) is 1. The lowest BCUT2D eigenvalue weighted by Crippen LogP contribution is -3.00. The predicted molar refractivity (Wildman–Crippen MR) is 88.4 cm³/mol. The number of hydrogen-bond donors (Lipinski definition) is 1. The second-order valence-corrected chi connectivity index (χ2v) is 5.50. The van der Waals surface area contributed by atoms with Crippen LogP contribution in [0.15, 0.2) is 54.7 Å². The Morgan fingerprint density at radius 1 is 0.870 bits per heavy atom. The fourth-order valence-corrected chi connectivity index (χ4v) is 3.23. The van der Waals surface area contributed by atoms with Crippen LogP contribution in [0, 0.1) is 0 Å². The first kappa shape index (κ1) is 15.4. The van der Waals surface area contributed by atoms with Crippen LogP contribution in [0.3, 0.4) is 0 Å². The van der Waals surface area contributed by atoms with Gasteiger partial charge in [0.1, 0.15) is 7.05 Å². The summed E-state index contributed by atoms with van der Waals surface area (Å²) in [6.45, 7) is 0. The zero-order chi connectivity index (χ0) is 15.3. The maximum atomic E-state index is 10.4. The molecule has 3 aromatic carbocycles. The normalized spacial score (nSPS) is 10.9. The molecular formula is C19H16ClNO2. The summed E-state index contributed by atoms with van der Waals surface area (Å²) in [4.78, 5) is 0. The molecule has 4 aromatic rings. The molecule has 1 N–H and O–H groups in total. The molecule has 0 aliphatic carbocycles. The van der Waals surface area contributed by atoms with Gasteiger partial charge in [-0.15, -0.1) is 0 Å². The number of pyridine rings is 1. The third kappa shape index (κ3) is 2.16. The molecular weight excluding hydrogens is 310 g/mol. The molecule has 0 bridgehead atoms. The molecule has 4 rings (SSSR count). The first-order chi connectivity index (χ1) is 10.7. The van der Waals surface area contributed by atoms with Crippen molar-refractivity contribution in [1.82, 2.24) is 0 Å². The summed E-state index contributed by atoms with van der Waals surface area (Å²) in [5.74, 6) is 0.679. The number of aryl methyl sites for hydroxylation is 1. The molecule has 0 fully saturated rings. The van der Waals surface area contributed by atoms with Crippen LogP contribution in [0.5, 0.6) is 11.5 Å². The van der Waals surface area contributed by atoms with E-state index in [4.69, 9.17) is 4.74 Å². The number of methoxy groups -OCH3 is 1. The minimum atomic E-state index is 0. The molecule has 4 heteroatoms. The van der Waals surface area contributed by atoms with E-state index in [2.05, 4.69) is 34.9 Å². The highest BCUT2D eigenvalue weighted by Gasteiger charge is 2.17. The summed E-state index contributed by atoms with van der Waals surface area (Å²) in [5.41, 5.74) is 1.16. The van der Waals surface area contributed by atoms with Crippen LogP contribution in [-0.4, -0.2) is 12.2 Å². The van der Waals surface area contributed by atoms with Crippen LogP contribution in [0.2, 0.25) is 0 Å². The minimum absolute atomic E-state index is 0. The summed E-state index contributed by atoms with van der Waals surface area (Å²) in [6.07, 6.45) is 1.96. The number of phenolic OH excluding ortho intramolecular Hbond substituents is 1. The lowest BCUT2D eigenvalue weighted by Gasteiger charge is -2.09. The van der Waals surface area contributed by atoms with Crippen molar-refractivity contribution in [3.8, 4) is 11.5 Å². The number of phenols is 1. The molecule has 1 heterocycles. The van der Waals surface area contributed by atoms with Gasteiger partial charge in [0.15, 0.2) is 17.7 Å². The number of benzene rings is 3. The van der Waals surface area contributed by atoms with Crippen molar-refractivity contribution < 1.29 is 26.8 Å². The Morgan fingerprint density at radius 3 is 2.39 bits per heavy atom. The van der Waals surface area contributed by atoms with E-state index in [1.165, 1.54) is 10.8 Å². The first-order valence-corrected chi connectivity index (χ1v) is 7.20. The van der Waals surface area contributed by atoms with E-state index in [1.807, 2.05) is 31.4 Å². The zero-order valence-corrected chi connectivity index (χ0v) is 13.6. The molecule has 3 nitrogen and oxygen atoms in total. The van der Waals surface area contributed by atoms with Gasteiger partial charge in [0, 0.05) is 5.39 Å². The van der Waals surface area contributed by atoms with Crippen LogP contribution < -0.4 is 21.7 Å². The summed E-state index contributed by atoms with van der Waals surface area (Å²) in [6, 6.07) is 16.4. The number of hydrogen-bond acceptors (Lipinski definition) is 2. The summed E-state index contributed by atoms with van der Waals surface area (Å²) in [7, 11) is 3.57. The summed E-state index contributed by atoms with van der Waals surface area (Å²) < 4.78 is 7.28. The first-order valence-electron chi connectivity index (χ1n) is 7.20. The van der Waals surface area contributed by atoms with Crippen LogP contribution in [0.1, 0.15) is 0 Å². The third-order valence-electron chi connectivity index (χ3n) is 4.27. The van der Waals surface area contributed by atoms with E-state index in [0.717, 1.165) is 21.7 Å². The summed E-state index contributed by atoms with van der Waals surface area (Å²) in [5, 5.41) is 15.8. The summed E-state index contributed by atoms with van der Waals surface area (Å²) >= 11 is 0. The van der Waals surface area contributed by atoms with Crippen molar-refractivity contribution in [2.45, 2.75) is 0 Å². The van der Waals surface area contributed by atoms with Crippen LogP contribution >= 0.6 is 0 Å². The largest absolute Gasteiger partial charge is 1.00 e. The highest BCUT2D eigenvalue weighted by Crippen LogP contribution is 2.37. The fourth-order valence-electron chi connectivity index (χ4n) is 3.23. The van der Waals surface area contributed by atoms with Crippen molar-refractivity contribution in [3.63, 3.8) is 0 Å². The van der Waals surface area contributed by atoms with E-state index in [1.54, 1.807) is 7.11 Å². The molecule has 0 unspecified atom stereocenters. The number of aromatic nitrogens is 1. The molecule has 0 saturated carbocycles. The maximum absolute atomic E-state index is 10.4.